The maximum atomic E-state index is 11.9. The van der Waals surface area contributed by atoms with Gasteiger partial charge < -0.3 is 10.1 Å². The highest BCUT2D eigenvalue weighted by Gasteiger charge is 2.08. The van der Waals surface area contributed by atoms with Crippen LogP contribution in [-0.2, 0) is 11.2 Å². The van der Waals surface area contributed by atoms with Crippen LogP contribution in [0.1, 0.15) is 27.2 Å². The van der Waals surface area contributed by atoms with E-state index in [0.29, 0.717) is 17.9 Å². The van der Waals surface area contributed by atoms with E-state index in [4.69, 9.17) is 4.74 Å². The predicted octanol–water partition coefficient (Wildman–Crippen LogP) is 4.12. The molecule has 0 unspecified atom stereocenters. The van der Waals surface area contributed by atoms with E-state index >= 15 is 0 Å². The van der Waals surface area contributed by atoms with Gasteiger partial charge in [0.15, 0.2) is 12.4 Å². The molecule has 3 rings (SSSR count). The maximum absolute atomic E-state index is 11.9. The van der Waals surface area contributed by atoms with Crippen molar-refractivity contribution in [1.29, 1.82) is 0 Å². The highest BCUT2D eigenvalue weighted by Crippen LogP contribution is 2.29. The summed E-state index contributed by atoms with van der Waals surface area (Å²) in [5.41, 5.74) is 1.58. The molecule has 5 nitrogen and oxygen atoms in total. The van der Waals surface area contributed by atoms with E-state index in [0.717, 1.165) is 22.0 Å². The second-order valence-corrected chi connectivity index (χ2v) is 8.22. The number of ketones is 1. The Kier molecular flexibility index (Phi) is 6.36. The number of thiazole rings is 1. The van der Waals surface area contributed by atoms with Gasteiger partial charge in [0, 0.05) is 22.4 Å². The van der Waals surface area contributed by atoms with Crippen molar-refractivity contribution in [2.24, 2.45) is 0 Å². The number of thiophene rings is 1. The Morgan fingerprint density at radius 1 is 1.22 bits per heavy atom. The predicted molar refractivity (Wildman–Crippen MR) is 109 cm³/mol. The first-order valence-electron chi connectivity index (χ1n) is 8.53. The zero-order chi connectivity index (χ0) is 19.2. The smallest absolute Gasteiger partial charge is 0.257 e. The van der Waals surface area contributed by atoms with Crippen LogP contribution in [0.4, 0.5) is 0 Å². The molecular formula is C20H20N2O3S2. The van der Waals surface area contributed by atoms with Crippen LogP contribution in [-0.4, -0.2) is 29.8 Å². The summed E-state index contributed by atoms with van der Waals surface area (Å²) in [4.78, 5) is 30.2. The number of benzene rings is 1. The number of Topliss-reactive ketones (excluding diaryl/α,β-unsaturated/α-hetero) is 1. The topological polar surface area (TPSA) is 68.3 Å². The standard InChI is InChI=1S/C20H20N2O3S2/c1-13(23)15-4-3-5-16(10-15)25-11-20(24)21-9-8-17-6-7-19(27-17)18-12-26-14(2)22-18/h3-7,10,12H,8-9,11H2,1-2H3,(H,21,24). The molecule has 0 bridgehead atoms. The molecule has 1 aromatic carbocycles. The quantitative estimate of drug-likeness (QED) is 0.578. The van der Waals surface area contributed by atoms with Crippen LogP contribution in [0.3, 0.4) is 0 Å². The first-order chi connectivity index (χ1) is 13.0. The number of ether oxygens (including phenoxy) is 1. The van der Waals surface area contributed by atoms with E-state index in [9.17, 15) is 9.59 Å². The van der Waals surface area contributed by atoms with Crippen LogP contribution >= 0.6 is 22.7 Å². The number of rotatable bonds is 8. The van der Waals surface area contributed by atoms with Gasteiger partial charge in [-0.2, -0.15) is 0 Å². The van der Waals surface area contributed by atoms with Gasteiger partial charge in [-0.25, -0.2) is 4.98 Å². The lowest BCUT2D eigenvalue weighted by Gasteiger charge is -2.08. The zero-order valence-electron chi connectivity index (χ0n) is 15.2. The monoisotopic (exact) mass is 400 g/mol. The number of aryl methyl sites for hydroxylation is 1. The molecule has 3 aromatic rings. The van der Waals surface area contributed by atoms with Gasteiger partial charge in [0.25, 0.3) is 5.91 Å². The van der Waals surface area contributed by atoms with Crippen LogP contribution in [0, 0.1) is 6.92 Å². The molecule has 0 fully saturated rings. The van der Waals surface area contributed by atoms with Crippen LogP contribution in [0.15, 0.2) is 41.8 Å². The van der Waals surface area contributed by atoms with Crippen LogP contribution in [0.25, 0.3) is 10.6 Å². The molecule has 0 radical (unpaired) electrons. The van der Waals surface area contributed by atoms with Crippen molar-refractivity contribution >= 4 is 34.4 Å². The zero-order valence-corrected chi connectivity index (χ0v) is 16.8. The van der Waals surface area contributed by atoms with Crippen LogP contribution in [0.5, 0.6) is 5.75 Å². The summed E-state index contributed by atoms with van der Waals surface area (Å²) in [6.07, 6.45) is 0.763. The molecule has 0 aliphatic heterocycles. The average molecular weight is 401 g/mol. The minimum absolute atomic E-state index is 0.0342. The Morgan fingerprint density at radius 2 is 2.07 bits per heavy atom. The fraction of sp³-hybridized carbons (Fsp3) is 0.250. The van der Waals surface area contributed by atoms with Gasteiger partial charge in [-0.15, -0.1) is 22.7 Å². The van der Waals surface area contributed by atoms with Gasteiger partial charge in [0.05, 0.1) is 15.6 Å². The van der Waals surface area contributed by atoms with Gasteiger partial charge in [0.1, 0.15) is 5.75 Å². The molecule has 0 saturated heterocycles. The minimum Gasteiger partial charge on any atom is -0.484 e. The summed E-state index contributed by atoms with van der Waals surface area (Å²) in [6.45, 7) is 3.97. The fourth-order valence-corrected chi connectivity index (χ4v) is 4.11. The minimum atomic E-state index is -0.185. The average Bonchev–Trinajstić information content (AvgIpc) is 3.29. The molecule has 2 aromatic heterocycles. The molecule has 0 aliphatic rings. The molecule has 1 N–H and O–H groups in total. The van der Waals surface area contributed by atoms with Crippen molar-refractivity contribution in [3.05, 3.63) is 57.2 Å². The number of carbonyl (C=O) groups is 2. The van der Waals surface area contributed by atoms with E-state index in [2.05, 4.69) is 27.8 Å². The van der Waals surface area contributed by atoms with Crippen molar-refractivity contribution < 1.29 is 14.3 Å². The highest BCUT2D eigenvalue weighted by atomic mass is 32.1. The van der Waals surface area contributed by atoms with Crippen LogP contribution < -0.4 is 10.1 Å². The largest absolute Gasteiger partial charge is 0.484 e. The van der Waals surface area contributed by atoms with E-state index in [1.807, 2.05) is 6.92 Å². The Morgan fingerprint density at radius 3 is 2.81 bits per heavy atom. The Bertz CT molecular complexity index is 946. The van der Waals surface area contributed by atoms with Gasteiger partial charge in [-0.05, 0) is 44.5 Å². The van der Waals surface area contributed by atoms with E-state index in [-0.39, 0.29) is 18.3 Å². The van der Waals surface area contributed by atoms with Crippen molar-refractivity contribution in [3.63, 3.8) is 0 Å². The van der Waals surface area contributed by atoms with Gasteiger partial charge in [-0.1, -0.05) is 12.1 Å². The third-order valence-electron chi connectivity index (χ3n) is 3.84. The lowest BCUT2D eigenvalue weighted by molar-refractivity contribution is -0.123. The maximum Gasteiger partial charge on any atom is 0.257 e. The number of carbonyl (C=O) groups excluding carboxylic acids is 2. The third-order valence-corrected chi connectivity index (χ3v) is 5.78. The second-order valence-electron chi connectivity index (χ2n) is 5.99. The second kappa shape index (κ2) is 8.92. The van der Waals surface area contributed by atoms with Crippen molar-refractivity contribution in [2.75, 3.05) is 13.2 Å². The Labute approximate surface area is 166 Å². The molecule has 1 amide bonds. The first kappa shape index (κ1) is 19.3. The fourth-order valence-electron chi connectivity index (χ4n) is 2.46. The van der Waals surface area contributed by atoms with Crippen molar-refractivity contribution in [2.45, 2.75) is 20.3 Å². The van der Waals surface area contributed by atoms with Crippen molar-refractivity contribution in [3.8, 4) is 16.3 Å². The number of amides is 1. The van der Waals surface area contributed by atoms with Gasteiger partial charge in [0.2, 0.25) is 0 Å². The number of nitrogens with one attached hydrogen (secondary N) is 1. The summed E-state index contributed by atoms with van der Waals surface area (Å²) in [5.74, 6) is 0.294. The molecule has 0 saturated carbocycles. The number of hydrogen-bond donors (Lipinski definition) is 1. The molecule has 2 heterocycles. The number of nitrogens with zero attached hydrogens (tertiary/aromatic N) is 1. The van der Waals surface area contributed by atoms with Crippen LogP contribution in [0.2, 0.25) is 0 Å². The summed E-state index contributed by atoms with van der Waals surface area (Å²) in [6, 6.07) is 11.0. The molecule has 0 spiro atoms. The molecule has 0 aliphatic carbocycles. The normalized spacial score (nSPS) is 10.6. The van der Waals surface area contributed by atoms with E-state index < -0.39 is 0 Å². The van der Waals surface area contributed by atoms with Gasteiger partial charge in [-0.3, -0.25) is 9.59 Å². The molecule has 0 atom stereocenters. The Hall–Kier alpha value is -2.51. The van der Waals surface area contributed by atoms with E-state index in [1.54, 1.807) is 46.9 Å². The number of aromatic nitrogens is 1. The van der Waals surface area contributed by atoms with E-state index in [1.165, 1.54) is 11.8 Å². The molecule has 7 heteroatoms. The third kappa shape index (κ3) is 5.48. The lowest BCUT2D eigenvalue weighted by atomic mass is 10.1. The number of hydrogen-bond acceptors (Lipinski definition) is 6. The highest BCUT2D eigenvalue weighted by molar-refractivity contribution is 7.16. The summed E-state index contributed by atoms with van der Waals surface area (Å²) in [5, 5.41) is 5.97. The summed E-state index contributed by atoms with van der Waals surface area (Å²) >= 11 is 3.34. The molecule has 27 heavy (non-hydrogen) atoms. The summed E-state index contributed by atoms with van der Waals surface area (Å²) < 4.78 is 5.46. The SMILES string of the molecule is CC(=O)c1cccc(OCC(=O)NCCc2ccc(-c3csc(C)n3)s2)c1. The Balaban J connectivity index is 1.43. The molecule has 140 valence electrons. The first-order valence-corrected chi connectivity index (χ1v) is 10.2. The van der Waals surface area contributed by atoms with Crippen molar-refractivity contribution in [1.82, 2.24) is 10.3 Å². The summed E-state index contributed by atoms with van der Waals surface area (Å²) in [7, 11) is 0. The lowest BCUT2D eigenvalue weighted by Crippen LogP contribution is -2.30. The molecular weight excluding hydrogens is 380 g/mol. The van der Waals surface area contributed by atoms with Gasteiger partial charge >= 0.3 is 0 Å².